The molecule has 2 N–H and O–H groups in total. The third-order valence-electron chi connectivity index (χ3n) is 4.59. The topological polar surface area (TPSA) is 24.1 Å². The highest BCUT2D eigenvalue weighted by atomic mass is 15.0. The van der Waals surface area contributed by atoms with Gasteiger partial charge in [-0.1, -0.05) is 26.7 Å². The van der Waals surface area contributed by atoms with Gasteiger partial charge in [0.2, 0.25) is 0 Å². The predicted octanol–water partition coefficient (Wildman–Crippen LogP) is 2.54. The van der Waals surface area contributed by atoms with E-state index in [1.807, 2.05) is 0 Å². The zero-order valence-electron chi connectivity index (χ0n) is 11.0. The second-order valence-corrected chi connectivity index (χ2v) is 6.39. The lowest BCUT2D eigenvalue weighted by molar-refractivity contribution is 0.118. The normalized spacial score (nSPS) is 27.8. The van der Waals surface area contributed by atoms with Crippen LogP contribution < -0.4 is 10.6 Å². The van der Waals surface area contributed by atoms with Crippen LogP contribution in [0.1, 0.15) is 52.4 Å². The predicted molar refractivity (Wildman–Crippen MR) is 69.6 cm³/mol. The van der Waals surface area contributed by atoms with Crippen molar-refractivity contribution < 1.29 is 0 Å². The van der Waals surface area contributed by atoms with Gasteiger partial charge in [-0.05, 0) is 43.6 Å². The monoisotopic (exact) mass is 224 g/mol. The van der Waals surface area contributed by atoms with Crippen LogP contribution in [0.3, 0.4) is 0 Å². The first-order valence-electron chi connectivity index (χ1n) is 7.12. The van der Waals surface area contributed by atoms with Gasteiger partial charge in [-0.3, -0.25) is 0 Å². The summed E-state index contributed by atoms with van der Waals surface area (Å²) in [5.74, 6) is 0.972. The van der Waals surface area contributed by atoms with E-state index in [2.05, 4.69) is 24.5 Å². The minimum Gasteiger partial charge on any atom is -0.315 e. The van der Waals surface area contributed by atoms with E-state index in [0.29, 0.717) is 5.41 Å². The molecule has 94 valence electrons. The van der Waals surface area contributed by atoms with Gasteiger partial charge in [0.15, 0.2) is 0 Å². The van der Waals surface area contributed by atoms with E-state index in [9.17, 15) is 0 Å². The lowest BCUT2D eigenvalue weighted by Crippen LogP contribution is -2.45. The Hall–Kier alpha value is -0.0800. The van der Waals surface area contributed by atoms with E-state index in [1.165, 1.54) is 51.6 Å². The van der Waals surface area contributed by atoms with Crippen LogP contribution in [0.5, 0.6) is 0 Å². The van der Waals surface area contributed by atoms with Crippen molar-refractivity contribution in [3.8, 4) is 0 Å². The van der Waals surface area contributed by atoms with Crippen molar-refractivity contribution in [1.82, 2.24) is 10.6 Å². The quantitative estimate of drug-likeness (QED) is 0.750. The smallest absolute Gasteiger partial charge is 0.0192 e. The van der Waals surface area contributed by atoms with E-state index in [1.54, 1.807) is 0 Å². The fourth-order valence-corrected chi connectivity index (χ4v) is 3.00. The van der Waals surface area contributed by atoms with Gasteiger partial charge in [-0.2, -0.15) is 0 Å². The molecule has 1 atom stereocenters. The Bertz CT molecular complexity index is 203. The van der Waals surface area contributed by atoms with Gasteiger partial charge in [-0.25, -0.2) is 0 Å². The van der Waals surface area contributed by atoms with Gasteiger partial charge in [0.1, 0.15) is 0 Å². The zero-order chi connectivity index (χ0) is 11.4. The summed E-state index contributed by atoms with van der Waals surface area (Å²) in [7, 11) is 0. The van der Waals surface area contributed by atoms with Crippen molar-refractivity contribution >= 4 is 0 Å². The summed E-state index contributed by atoms with van der Waals surface area (Å²) in [6, 6.07) is 0.728. The second-order valence-electron chi connectivity index (χ2n) is 6.39. The van der Waals surface area contributed by atoms with Crippen molar-refractivity contribution in [2.75, 3.05) is 19.6 Å². The highest BCUT2D eigenvalue weighted by molar-refractivity contribution is 4.86. The Morgan fingerprint density at radius 1 is 1.12 bits per heavy atom. The molecule has 1 heterocycles. The third-order valence-corrected chi connectivity index (χ3v) is 4.59. The summed E-state index contributed by atoms with van der Waals surface area (Å²) in [6.07, 6.45) is 8.50. The van der Waals surface area contributed by atoms with Gasteiger partial charge in [0.05, 0.1) is 0 Å². The molecule has 2 heteroatoms. The molecule has 0 aromatic rings. The SMILES string of the molecule is CC(C)(CNCC1CCCCN1)C1CCC1. The molecule has 0 aromatic carbocycles. The largest absolute Gasteiger partial charge is 0.315 e. The highest BCUT2D eigenvalue weighted by Crippen LogP contribution is 2.41. The second kappa shape index (κ2) is 5.50. The molecule has 0 aromatic heterocycles. The highest BCUT2D eigenvalue weighted by Gasteiger charge is 2.33. The summed E-state index contributed by atoms with van der Waals surface area (Å²) >= 11 is 0. The van der Waals surface area contributed by atoms with Gasteiger partial charge in [-0.15, -0.1) is 0 Å². The maximum atomic E-state index is 3.68. The molecule has 0 bridgehead atoms. The lowest BCUT2D eigenvalue weighted by Gasteiger charge is -2.41. The van der Waals surface area contributed by atoms with Crippen LogP contribution in [0.2, 0.25) is 0 Å². The molecule has 1 saturated carbocycles. The first-order chi connectivity index (χ1) is 7.68. The van der Waals surface area contributed by atoms with Crippen molar-refractivity contribution in [2.45, 2.75) is 58.4 Å². The van der Waals surface area contributed by atoms with Crippen LogP contribution in [0, 0.1) is 11.3 Å². The molecule has 0 radical (unpaired) electrons. The fourth-order valence-electron chi connectivity index (χ4n) is 3.00. The molecule has 2 fully saturated rings. The molecule has 0 amide bonds. The number of nitrogens with one attached hydrogen (secondary N) is 2. The third kappa shape index (κ3) is 3.21. The standard InChI is InChI=1S/C14H28N2/c1-14(2,12-6-5-7-12)11-15-10-13-8-3-4-9-16-13/h12-13,15-16H,3-11H2,1-2H3. The van der Waals surface area contributed by atoms with Gasteiger partial charge in [0, 0.05) is 19.1 Å². The summed E-state index contributed by atoms with van der Waals surface area (Å²) in [6.45, 7) is 8.43. The first-order valence-corrected chi connectivity index (χ1v) is 7.12. The minimum absolute atomic E-state index is 0.507. The molecule has 2 nitrogen and oxygen atoms in total. The number of hydrogen-bond donors (Lipinski definition) is 2. The Labute approximate surface area is 101 Å². The lowest BCUT2D eigenvalue weighted by atomic mass is 9.67. The molecular weight excluding hydrogens is 196 g/mol. The van der Waals surface area contributed by atoms with Gasteiger partial charge < -0.3 is 10.6 Å². The van der Waals surface area contributed by atoms with Crippen molar-refractivity contribution in [3.63, 3.8) is 0 Å². The van der Waals surface area contributed by atoms with Crippen LogP contribution in [0.15, 0.2) is 0 Å². The van der Waals surface area contributed by atoms with Crippen LogP contribution in [0.4, 0.5) is 0 Å². The molecule has 1 saturated heterocycles. The Kier molecular flexibility index (Phi) is 4.26. The average Bonchev–Trinajstić information content (AvgIpc) is 2.15. The summed E-state index contributed by atoms with van der Waals surface area (Å²) < 4.78 is 0. The minimum atomic E-state index is 0.507. The molecule has 2 rings (SSSR count). The molecule has 1 unspecified atom stereocenters. The number of piperidine rings is 1. The van der Waals surface area contributed by atoms with E-state index >= 15 is 0 Å². The van der Waals surface area contributed by atoms with Gasteiger partial charge in [0.25, 0.3) is 0 Å². The number of hydrogen-bond acceptors (Lipinski definition) is 2. The van der Waals surface area contributed by atoms with Gasteiger partial charge >= 0.3 is 0 Å². The Balaban J connectivity index is 1.62. The molecule has 1 aliphatic heterocycles. The van der Waals surface area contributed by atoms with Crippen molar-refractivity contribution in [2.24, 2.45) is 11.3 Å². The van der Waals surface area contributed by atoms with Crippen molar-refractivity contribution in [1.29, 1.82) is 0 Å². The van der Waals surface area contributed by atoms with E-state index in [4.69, 9.17) is 0 Å². The molecule has 16 heavy (non-hydrogen) atoms. The van der Waals surface area contributed by atoms with Crippen LogP contribution >= 0.6 is 0 Å². The summed E-state index contributed by atoms with van der Waals surface area (Å²) in [5.41, 5.74) is 0.507. The van der Waals surface area contributed by atoms with Crippen LogP contribution in [0.25, 0.3) is 0 Å². The molecule has 2 aliphatic rings. The zero-order valence-corrected chi connectivity index (χ0v) is 11.0. The summed E-state index contributed by atoms with van der Waals surface area (Å²) in [4.78, 5) is 0. The molecular formula is C14H28N2. The van der Waals surface area contributed by atoms with E-state index in [0.717, 1.165) is 18.5 Å². The van der Waals surface area contributed by atoms with Crippen LogP contribution in [-0.4, -0.2) is 25.7 Å². The number of rotatable bonds is 5. The first kappa shape index (κ1) is 12.4. The van der Waals surface area contributed by atoms with Crippen molar-refractivity contribution in [3.05, 3.63) is 0 Å². The van der Waals surface area contributed by atoms with E-state index in [-0.39, 0.29) is 0 Å². The fraction of sp³-hybridized carbons (Fsp3) is 1.00. The van der Waals surface area contributed by atoms with Crippen LogP contribution in [-0.2, 0) is 0 Å². The van der Waals surface area contributed by atoms with E-state index < -0.39 is 0 Å². The molecule has 1 aliphatic carbocycles. The average molecular weight is 224 g/mol. The Morgan fingerprint density at radius 3 is 2.50 bits per heavy atom. The maximum absolute atomic E-state index is 3.68. The molecule has 0 spiro atoms. The maximum Gasteiger partial charge on any atom is 0.0192 e. The Morgan fingerprint density at radius 2 is 1.94 bits per heavy atom. The summed E-state index contributed by atoms with van der Waals surface area (Å²) in [5, 5.41) is 7.28.